The fourth-order valence-electron chi connectivity index (χ4n) is 4.51. The van der Waals surface area contributed by atoms with Crippen molar-refractivity contribution in [2.75, 3.05) is 26.4 Å². The Bertz CT molecular complexity index is 868. The predicted molar refractivity (Wildman–Crippen MR) is 183 cm³/mol. The van der Waals surface area contributed by atoms with Gasteiger partial charge in [-0.2, -0.15) is 0 Å². The van der Waals surface area contributed by atoms with Crippen LogP contribution in [0.15, 0.2) is 60.7 Å². The maximum absolute atomic E-state index is 6.58. The third-order valence-corrected chi connectivity index (χ3v) is 7.01. The van der Waals surface area contributed by atoms with Crippen LogP contribution in [-0.4, -0.2) is 51.3 Å². The zero-order valence-electron chi connectivity index (χ0n) is 29.9. The Labute approximate surface area is 284 Å². The Morgan fingerprint density at radius 3 is 1.11 bits per heavy atom. The molecule has 47 heavy (non-hydrogen) atoms. The van der Waals surface area contributed by atoms with Crippen LogP contribution < -0.4 is 0 Å². The first-order chi connectivity index (χ1) is 23.0. The number of rotatable bonds is 30. The van der Waals surface area contributed by atoms with Crippen molar-refractivity contribution in [2.45, 2.75) is 144 Å². The molecule has 0 heterocycles. The highest BCUT2D eigenvalue weighted by atomic mass is 17.0. The van der Waals surface area contributed by atoms with Crippen molar-refractivity contribution in [1.29, 1.82) is 0 Å². The summed E-state index contributed by atoms with van der Waals surface area (Å²) in [7, 11) is 0. The molecule has 0 spiro atoms. The average molecular weight is 663 g/mol. The van der Waals surface area contributed by atoms with Crippen LogP contribution in [-0.2, 0) is 55.8 Å². The van der Waals surface area contributed by atoms with Crippen LogP contribution in [0.2, 0.25) is 0 Å². The zero-order chi connectivity index (χ0) is 34.1. The molecular formula is C38H62O9. The third kappa shape index (κ3) is 16.8. The van der Waals surface area contributed by atoms with Crippen molar-refractivity contribution >= 4 is 0 Å². The molecule has 0 aliphatic heterocycles. The van der Waals surface area contributed by atoms with Gasteiger partial charge in [-0.3, -0.25) is 14.2 Å². The van der Waals surface area contributed by atoms with E-state index in [1.54, 1.807) is 0 Å². The van der Waals surface area contributed by atoms with Crippen molar-refractivity contribution in [3.8, 4) is 0 Å². The van der Waals surface area contributed by atoms with Crippen molar-refractivity contribution in [2.24, 2.45) is 0 Å². The van der Waals surface area contributed by atoms with Gasteiger partial charge >= 0.3 is 0 Å². The topological polar surface area (TPSA) is 83.1 Å². The Hall–Kier alpha value is -1.92. The standard InChI is InChI=1S/C38H62O9/c1-7-13-25-37(41-27-9-3,42-28-10-4)46-35(39-31-33-21-17-15-18-22-33)45-36(40-32-34-23-19-16-20-24-34)47-38(26-14-8-2,43-29-11-5)44-30-12-6/h15-24,35-36H,7-14,25-32H2,1-6H3. The molecule has 2 aromatic rings. The van der Waals surface area contributed by atoms with Gasteiger partial charge < -0.3 is 28.4 Å². The molecule has 9 nitrogen and oxygen atoms in total. The highest BCUT2D eigenvalue weighted by molar-refractivity contribution is 5.14. The molecule has 0 radical (unpaired) electrons. The first-order valence-corrected chi connectivity index (χ1v) is 17.8. The fourth-order valence-corrected chi connectivity index (χ4v) is 4.51. The van der Waals surface area contributed by atoms with E-state index in [9.17, 15) is 0 Å². The van der Waals surface area contributed by atoms with Crippen LogP contribution in [0.25, 0.3) is 0 Å². The molecule has 0 saturated heterocycles. The summed E-state index contributed by atoms with van der Waals surface area (Å²) in [6.07, 6.45) is 7.65. The number of ether oxygens (including phenoxy) is 9. The molecule has 0 bridgehead atoms. The molecule has 0 aliphatic carbocycles. The summed E-state index contributed by atoms with van der Waals surface area (Å²) in [6, 6.07) is 19.7. The molecule has 0 fully saturated rings. The SMILES string of the molecule is CCCCC(OCCC)(OCCC)OC(OCc1ccccc1)OC(OCc1ccccc1)OC(CCCC)(OCCC)OCCC. The predicted octanol–water partition coefficient (Wildman–Crippen LogP) is 9.43. The maximum atomic E-state index is 6.58. The molecule has 2 aromatic carbocycles. The molecule has 268 valence electrons. The molecule has 9 heteroatoms. The summed E-state index contributed by atoms with van der Waals surface area (Å²) in [5.74, 6) is -2.77. The average Bonchev–Trinajstić information content (AvgIpc) is 3.11. The lowest BCUT2D eigenvalue weighted by atomic mass is 10.2. The van der Waals surface area contributed by atoms with Crippen LogP contribution in [0.1, 0.15) is 117 Å². The summed E-state index contributed by atoms with van der Waals surface area (Å²) in [4.78, 5) is 0. The van der Waals surface area contributed by atoms with E-state index in [0.29, 0.717) is 39.3 Å². The summed E-state index contributed by atoms with van der Waals surface area (Å²) in [6.45, 7) is 12.1. The number of unbranched alkanes of at least 4 members (excludes halogenated alkanes) is 2. The van der Waals surface area contributed by atoms with Crippen molar-refractivity contribution in [3.63, 3.8) is 0 Å². The van der Waals surface area contributed by atoms with E-state index in [4.69, 9.17) is 42.6 Å². The fraction of sp³-hybridized carbons (Fsp3) is 0.684. The van der Waals surface area contributed by atoms with Gasteiger partial charge in [-0.25, -0.2) is 0 Å². The quantitative estimate of drug-likeness (QED) is 0.0760. The van der Waals surface area contributed by atoms with Gasteiger partial charge in [-0.1, -0.05) is 115 Å². The van der Waals surface area contributed by atoms with Crippen LogP contribution in [0, 0.1) is 0 Å². The van der Waals surface area contributed by atoms with Gasteiger partial charge in [0.25, 0.3) is 24.9 Å². The highest BCUT2D eigenvalue weighted by Crippen LogP contribution is 2.31. The van der Waals surface area contributed by atoms with Gasteiger partial charge in [0.15, 0.2) is 0 Å². The minimum atomic E-state index is -1.38. The van der Waals surface area contributed by atoms with E-state index >= 15 is 0 Å². The normalized spacial score (nSPS) is 13.6. The molecule has 2 rings (SSSR count). The van der Waals surface area contributed by atoms with Crippen molar-refractivity contribution in [3.05, 3.63) is 71.8 Å². The lowest BCUT2D eigenvalue weighted by molar-refractivity contribution is -0.519. The monoisotopic (exact) mass is 662 g/mol. The lowest BCUT2D eigenvalue weighted by Crippen LogP contribution is -2.48. The smallest absolute Gasteiger partial charge is 0.286 e. The van der Waals surface area contributed by atoms with Crippen LogP contribution in [0.4, 0.5) is 0 Å². The Morgan fingerprint density at radius 2 is 0.809 bits per heavy atom. The first-order valence-electron chi connectivity index (χ1n) is 17.8. The first kappa shape index (κ1) is 41.3. The number of benzene rings is 2. The largest absolute Gasteiger partial charge is 0.327 e. The van der Waals surface area contributed by atoms with Gasteiger partial charge in [0.1, 0.15) is 0 Å². The summed E-state index contributed by atoms with van der Waals surface area (Å²) in [5, 5.41) is 0. The molecule has 2 unspecified atom stereocenters. The van der Waals surface area contributed by atoms with Gasteiger partial charge in [0.2, 0.25) is 0 Å². The van der Waals surface area contributed by atoms with E-state index in [1.165, 1.54) is 0 Å². The molecule has 0 amide bonds. The summed E-state index contributed by atoms with van der Waals surface area (Å²) < 4.78 is 57.5. The van der Waals surface area contributed by atoms with E-state index in [2.05, 4.69) is 13.8 Å². The second-order valence-electron chi connectivity index (χ2n) is 11.5. The second-order valence-corrected chi connectivity index (χ2v) is 11.5. The molecule has 0 aromatic heterocycles. The van der Waals surface area contributed by atoms with Crippen LogP contribution in [0.5, 0.6) is 0 Å². The maximum Gasteiger partial charge on any atom is 0.286 e. The number of hydrogen-bond acceptors (Lipinski definition) is 9. The third-order valence-electron chi connectivity index (χ3n) is 7.01. The Morgan fingerprint density at radius 1 is 0.468 bits per heavy atom. The van der Waals surface area contributed by atoms with Gasteiger partial charge in [0, 0.05) is 12.8 Å². The van der Waals surface area contributed by atoms with E-state index in [0.717, 1.165) is 62.5 Å². The van der Waals surface area contributed by atoms with Crippen molar-refractivity contribution < 1.29 is 42.6 Å². The number of hydrogen-bond donors (Lipinski definition) is 0. The lowest BCUT2D eigenvalue weighted by Gasteiger charge is -2.39. The van der Waals surface area contributed by atoms with Crippen molar-refractivity contribution in [1.82, 2.24) is 0 Å². The van der Waals surface area contributed by atoms with Gasteiger partial charge in [-0.15, -0.1) is 0 Å². The molecule has 0 saturated carbocycles. The molecule has 0 N–H and O–H groups in total. The second kappa shape index (κ2) is 25.1. The summed E-state index contributed by atoms with van der Waals surface area (Å²) in [5.41, 5.74) is 1.90. The van der Waals surface area contributed by atoms with E-state index < -0.39 is 24.9 Å². The van der Waals surface area contributed by atoms with Crippen LogP contribution in [0.3, 0.4) is 0 Å². The van der Waals surface area contributed by atoms with Gasteiger partial charge in [0.05, 0.1) is 39.6 Å². The minimum Gasteiger partial charge on any atom is -0.327 e. The Kier molecular flexibility index (Phi) is 22.0. The van der Waals surface area contributed by atoms with Crippen LogP contribution >= 0.6 is 0 Å². The summed E-state index contributed by atoms with van der Waals surface area (Å²) >= 11 is 0. The highest BCUT2D eigenvalue weighted by Gasteiger charge is 2.41. The van der Waals surface area contributed by atoms with Gasteiger partial charge in [-0.05, 0) is 49.7 Å². The molecule has 2 atom stereocenters. The van der Waals surface area contributed by atoms with E-state index in [1.807, 2.05) is 88.4 Å². The molecular weight excluding hydrogens is 600 g/mol. The Balaban J connectivity index is 2.50. The van der Waals surface area contributed by atoms with E-state index in [-0.39, 0.29) is 13.2 Å². The zero-order valence-corrected chi connectivity index (χ0v) is 29.9. The molecule has 0 aliphatic rings. The minimum absolute atomic E-state index is 0.210.